The summed E-state index contributed by atoms with van der Waals surface area (Å²) in [6.07, 6.45) is 1.69. The highest BCUT2D eigenvalue weighted by Gasteiger charge is 2.15. The number of pyridine rings is 1. The average Bonchev–Trinajstić information content (AvgIpc) is 3.19. The molecule has 0 aliphatic rings. The van der Waals surface area contributed by atoms with Gasteiger partial charge in [0.2, 0.25) is 0 Å². The van der Waals surface area contributed by atoms with Gasteiger partial charge in [0.25, 0.3) is 5.56 Å². The number of rotatable bonds is 6. The van der Waals surface area contributed by atoms with Gasteiger partial charge in [-0.05, 0) is 47.8 Å². The maximum Gasteiger partial charge on any atom is 0.272 e. The van der Waals surface area contributed by atoms with Gasteiger partial charge in [0, 0.05) is 16.8 Å². The molecule has 0 saturated carbocycles. The Labute approximate surface area is 174 Å². The number of hydrogen-bond donors (Lipinski definition) is 0. The fourth-order valence-electron chi connectivity index (χ4n) is 2.68. The van der Waals surface area contributed by atoms with Crippen molar-refractivity contribution in [2.75, 3.05) is 5.75 Å². The molecule has 0 amide bonds. The Kier molecular flexibility index (Phi) is 5.57. The van der Waals surface area contributed by atoms with Crippen molar-refractivity contribution in [3.8, 4) is 0 Å². The summed E-state index contributed by atoms with van der Waals surface area (Å²) in [5.41, 5.74) is 1.86. The van der Waals surface area contributed by atoms with Crippen LogP contribution >= 0.6 is 34.7 Å². The lowest BCUT2D eigenvalue weighted by atomic mass is 10.1. The number of fused-ring (bicyclic) bond motifs is 1. The zero-order valence-electron chi connectivity index (χ0n) is 14.5. The van der Waals surface area contributed by atoms with Crippen molar-refractivity contribution in [1.82, 2.24) is 14.5 Å². The molecule has 8 heteroatoms. The highest BCUT2D eigenvalue weighted by Crippen LogP contribution is 2.22. The first-order chi connectivity index (χ1) is 13.6. The van der Waals surface area contributed by atoms with E-state index in [4.69, 9.17) is 11.6 Å². The fourth-order valence-corrected chi connectivity index (χ4v) is 4.47. The van der Waals surface area contributed by atoms with Gasteiger partial charge in [-0.2, -0.15) is 0 Å². The Morgan fingerprint density at radius 3 is 2.71 bits per heavy atom. The first kappa shape index (κ1) is 18.9. The van der Waals surface area contributed by atoms with E-state index in [9.17, 15) is 9.59 Å². The van der Waals surface area contributed by atoms with Crippen molar-refractivity contribution in [3.05, 3.63) is 86.7 Å². The summed E-state index contributed by atoms with van der Waals surface area (Å²) in [5, 5.41) is 2.93. The lowest BCUT2D eigenvalue weighted by molar-refractivity contribution is 0.102. The molecule has 1 aromatic carbocycles. The molecule has 0 N–H and O–H groups in total. The van der Waals surface area contributed by atoms with Gasteiger partial charge < -0.3 is 0 Å². The summed E-state index contributed by atoms with van der Waals surface area (Å²) in [7, 11) is 0. The number of nitrogens with zero attached hydrogens (tertiary/aromatic N) is 3. The fraction of sp³-hybridized carbons (Fsp3) is 0.100. The number of ketones is 1. The van der Waals surface area contributed by atoms with Crippen LogP contribution in [0.25, 0.3) is 10.2 Å². The van der Waals surface area contributed by atoms with Crippen LogP contribution < -0.4 is 5.56 Å². The van der Waals surface area contributed by atoms with E-state index in [0.717, 1.165) is 5.69 Å². The van der Waals surface area contributed by atoms with Crippen LogP contribution in [0.3, 0.4) is 0 Å². The molecule has 0 radical (unpaired) electrons. The number of aromatic nitrogens is 3. The molecule has 5 nitrogen and oxygen atoms in total. The van der Waals surface area contributed by atoms with Crippen LogP contribution in [0, 0.1) is 0 Å². The molecule has 0 saturated heterocycles. The summed E-state index contributed by atoms with van der Waals surface area (Å²) < 4.78 is 2.19. The van der Waals surface area contributed by atoms with E-state index in [0.29, 0.717) is 32.5 Å². The minimum absolute atomic E-state index is 0.0503. The number of benzene rings is 1. The van der Waals surface area contributed by atoms with Crippen LogP contribution in [0.2, 0.25) is 5.02 Å². The van der Waals surface area contributed by atoms with Gasteiger partial charge in [0.05, 0.1) is 23.5 Å². The molecule has 0 fully saturated rings. The number of halogens is 1. The second-order valence-electron chi connectivity index (χ2n) is 5.96. The minimum atomic E-state index is -0.118. The number of hydrogen-bond acceptors (Lipinski definition) is 6. The molecule has 28 heavy (non-hydrogen) atoms. The second kappa shape index (κ2) is 8.26. The van der Waals surface area contributed by atoms with Gasteiger partial charge >= 0.3 is 0 Å². The summed E-state index contributed by atoms with van der Waals surface area (Å²) in [5.74, 6) is 0.122. The van der Waals surface area contributed by atoms with Crippen LogP contribution in [0.5, 0.6) is 0 Å². The monoisotopic (exact) mass is 427 g/mol. The van der Waals surface area contributed by atoms with Gasteiger partial charge in [0.15, 0.2) is 10.9 Å². The molecular weight excluding hydrogens is 414 g/mol. The van der Waals surface area contributed by atoms with Gasteiger partial charge in [0.1, 0.15) is 4.70 Å². The second-order valence-corrected chi connectivity index (χ2v) is 8.26. The molecule has 4 rings (SSSR count). The zero-order chi connectivity index (χ0) is 19.5. The van der Waals surface area contributed by atoms with Crippen LogP contribution in [0.1, 0.15) is 16.1 Å². The summed E-state index contributed by atoms with van der Waals surface area (Å²) >= 11 is 8.50. The third kappa shape index (κ3) is 4.01. The molecule has 0 spiro atoms. The Balaban J connectivity index is 1.65. The Bertz CT molecular complexity index is 1190. The van der Waals surface area contributed by atoms with E-state index in [1.807, 2.05) is 29.6 Å². The quantitative estimate of drug-likeness (QED) is 0.257. The first-order valence-corrected chi connectivity index (χ1v) is 10.7. The number of carbonyl (C=O) groups is 1. The molecule has 4 aromatic rings. The minimum Gasteiger partial charge on any atom is -0.293 e. The SMILES string of the molecule is O=C(CSc1nc2ccsc2c(=O)n1Cc1ccccn1)c1ccc(Cl)cc1. The molecule has 0 unspecified atom stereocenters. The normalized spacial score (nSPS) is 11.0. The third-order valence-corrected chi connectivity index (χ3v) is 6.20. The number of carbonyl (C=O) groups excluding carboxylic acids is 1. The van der Waals surface area contributed by atoms with E-state index < -0.39 is 0 Å². The number of Topliss-reactive ketones (excluding diaryl/α,β-unsaturated/α-hetero) is 1. The largest absolute Gasteiger partial charge is 0.293 e. The highest BCUT2D eigenvalue weighted by molar-refractivity contribution is 7.99. The van der Waals surface area contributed by atoms with Gasteiger partial charge in [-0.3, -0.25) is 19.1 Å². The predicted molar refractivity (Wildman–Crippen MR) is 114 cm³/mol. The lowest BCUT2D eigenvalue weighted by Gasteiger charge is -2.11. The first-order valence-electron chi connectivity index (χ1n) is 8.41. The van der Waals surface area contributed by atoms with Crippen LogP contribution in [0.4, 0.5) is 0 Å². The van der Waals surface area contributed by atoms with E-state index in [-0.39, 0.29) is 17.1 Å². The van der Waals surface area contributed by atoms with Crippen molar-refractivity contribution in [1.29, 1.82) is 0 Å². The van der Waals surface area contributed by atoms with Crippen molar-refractivity contribution in [2.45, 2.75) is 11.7 Å². The Morgan fingerprint density at radius 1 is 1.14 bits per heavy atom. The van der Waals surface area contributed by atoms with Crippen LogP contribution in [-0.4, -0.2) is 26.1 Å². The Morgan fingerprint density at radius 2 is 1.96 bits per heavy atom. The van der Waals surface area contributed by atoms with Crippen LogP contribution in [-0.2, 0) is 6.54 Å². The van der Waals surface area contributed by atoms with Gasteiger partial charge in [-0.1, -0.05) is 29.4 Å². The molecule has 0 atom stereocenters. The molecule has 3 aromatic heterocycles. The molecule has 0 bridgehead atoms. The van der Waals surface area contributed by atoms with Crippen molar-refractivity contribution in [3.63, 3.8) is 0 Å². The smallest absolute Gasteiger partial charge is 0.272 e. The maximum atomic E-state index is 13.0. The van der Waals surface area contributed by atoms with Crippen molar-refractivity contribution >= 4 is 50.7 Å². The zero-order valence-corrected chi connectivity index (χ0v) is 16.9. The topological polar surface area (TPSA) is 64.8 Å². The summed E-state index contributed by atoms with van der Waals surface area (Å²) in [4.78, 5) is 34.4. The average molecular weight is 428 g/mol. The predicted octanol–water partition coefficient (Wildman–Crippen LogP) is 4.53. The maximum absolute atomic E-state index is 13.0. The Hall–Kier alpha value is -2.48. The molecule has 0 aliphatic carbocycles. The van der Waals surface area contributed by atoms with Gasteiger partial charge in [-0.15, -0.1) is 11.3 Å². The van der Waals surface area contributed by atoms with Crippen LogP contribution in [0.15, 0.2) is 70.1 Å². The van der Waals surface area contributed by atoms with E-state index in [1.165, 1.54) is 23.1 Å². The summed E-state index contributed by atoms with van der Waals surface area (Å²) in [6, 6.07) is 14.1. The molecule has 0 aliphatic heterocycles. The summed E-state index contributed by atoms with van der Waals surface area (Å²) in [6.45, 7) is 0.304. The molecule has 3 heterocycles. The van der Waals surface area contributed by atoms with E-state index >= 15 is 0 Å². The number of thioether (sulfide) groups is 1. The number of thiophene rings is 1. The lowest BCUT2D eigenvalue weighted by Crippen LogP contribution is -2.24. The van der Waals surface area contributed by atoms with E-state index in [2.05, 4.69) is 9.97 Å². The molecular formula is C20H14ClN3O2S2. The standard InChI is InChI=1S/C20H14ClN3O2S2/c21-14-6-4-13(5-7-14)17(25)12-28-20-23-16-8-10-27-18(16)19(26)24(20)11-15-3-1-2-9-22-15/h1-10H,11-12H2. The highest BCUT2D eigenvalue weighted by atomic mass is 35.5. The molecule has 140 valence electrons. The van der Waals surface area contributed by atoms with Gasteiger partial charge in [-0.25, -0.2) is 4.98 Å². The van der Waals surface area contributed by atoms with E-state index in [1.54, 1.807) is 35.0 Å². The third-order valence-electron chi connectivity index (χ3n) is 4.08. The van der Waals surface area contributed by atoms with Crippen molar-refractivity contribution in [2.24, 2.45) is 0 Å². The van der Waals surface area contributed by atoms with Crippen molar-refractivity contribution < 1.29 is 4.79 Å².